The third-order valence-electron chi connectivity index (χ3n) is 2.25. The number of hydrogen-bond acceptors (Lipinski definition) is 4. The van der Waals surface area contributed by atoms with Crippen molar-refractivity contribution < 1.29 is 18.7 Å². The number of primary amides is 1. The van der Waals surface area contributed by atoms with Gasteiger partial charge < -0.3 is 19.6 Å². The van der Waals surface area contributed by atoms with E-state index in [1.54, 1.807) is 20.5 Å². The van der Waals surface area contributed by atoms with Crippen LogP contribution in [0.15, 0.2) is 39.4 Å². The summed E-state index contributed by atoms with van der Waals surface area (Å²) in [5.74, 6) is 1.88. The van der Waals surface area contributed by atoms with Crippen LogP contribution in [0, 0.1) is 0 Å². The summed E-state index contributed by atoms with van der Waals surface area (Å²) in [6.07, 6.45) is 1.64. The Kier molecular flexibility index (Phi) is 6.11. The molecule has 2 aromatic rings. The molecule has 5 nitrogen and oxygen atoms in total. The number of methoxy groups -OCH3 is 2. The number of carbonyl (C=O) groups is 1. The van der Waals surface area contributed by atoms with E-state index < -0.39 is 0 Å². The quantitative estimate of drug-likeness (QED) is 0.929. The van der Waals surface area contributed by atoms with Gasteiger partial charge in [-0.2, -0.15) is 0 Å². The third kappa shape index (κ3) is 4.31. The molecule has 0 unspecified atom stereocenters. The van der Waals surface area contributed by atoms with Crippen LogP contribution in [0.3, 0.4) is 0 Å². The zero-order valence-electron chi connectivity index (χ0n) is 11.5. The first kappa shape index (κ1) is 16.1. The summed E-state index contributed by atoms with van der Waals surface area (Å²) in [6, 6.07) is 7.52. The van der Waals surface area contributed by atoms with E-state index in [4.69, 9.17) is 13.9 Å². The molecule has 0 saturated heterocycles. The Hall–Kier alpha value is -1.95. The predicted octanol–water partition coefficient (Wildman–Crippen LogP) is 3.22. The first-order valence-electron chi connectivity index (χ1n) is 5.71. The van der Waals surface area contributed by atoms with Crippen LogP contribution in [0.1, 0.15) is 6.92 Å². The summed E-state index contributed by atoms with van der Waals surface area (Å²) in [5.41, 5.74) is 5.39. The largest absolute Gasteiger partial charge is 0.495 e. The molecule has 0 atom stereocenters. The fraction of sp³-hybridized carbons (Fsp3) is 0.214. The first-order chi connectivity index (χ1) is 9.49. The van der Waals surface area contributed by atoms with Crippen molar-refractivity contribution in [2.45, 2.75) is 6.92 Å². The Morgan fingerprint density at radius 3 is 2.10 bits per heavy atom. The number of furan rings is 1. The maximum absolute atomic E-state index is 9.22. The van der Waals surface area contributed by atoms with Crippen LogP contribution >= 0.6 is 15.9 Å². The minimum Gasteiger partial charge on any atom is -0.495 e. The Morgan fingerprint density at radius 1 is 1.25 bits per heavy atom. The van der Waals surface area contributed by atoms with Crippen LogP contribution in [0.5, 0.6) is 11.5 Å². The highest BCUT2D eigenvalue weighted by molar-refractivity contribution is 9.10. The summed E-state index contributed by atoms with van der Waals surface area (Å²) in [5, 5.41) is 0. The number of carbonyl (C=O) groups excluding carboxylic acids is 1. The minimum absolute atomic E-state index is 0.333. The number of ether oxygens (including phenoxy) is 2. The van der Waals surface area contributed by atoms with Gasteiger partial charge in [-0.1, -0.05) is 0 Å². The van der Waals surface area contributed by atoms with E-state index >= 15 is 0 Å². The summed E-state index contributed by atoms with van der Waals surface area (Å²) in [4.78, 5) is 9.22. The molecule has 0 radical (unpaired) electrons. The van der Waals surface area contributed by atoms with Crippen molar-refractivity contribution in [3.05, 3.63) is 35.0 Å². The van der Waals surface area contributed by atoms with Gasteiger partial charge in [0.25, 0.3) is 0 Å². The molecule has 2 rings (SSSR count). The standard InChI is InChI=1S/C12H11BrO3.C2H5NO/c1-14-10-6-8(9-4-3-5-16-9)7-11(15-2)12(10)13;1-2(3)4/h3-7H,1-2H3;1H3,(H2,3,4). The number of benzene rings is 1. The number of nitrogens with two attached hydrogens (primary N) is 1. The molecule has 0 aliphatic rings. The number of halogens is 1. The van der Waals surface area contributed by atoms with Crippen LogP contribution in [0.2, 0.25) is 0 Å². The lowest BCUT2D eigenvalue weighted by Gasteiger charge is -2.10. The van der Waals surface area contributed by atoms with Crippen molar-refractivity contribution >= 4 is 21.8 Å². The second-order valence-corrected chi connectivity index (χ2v) is 4.58. The third-order valence-corrected chi connectivity index (χ3v) is 3.03. The number of hydrogen-bond donors (Lipinski definition) is 1. The van der Waals surface area contributed by atoms with E-state index in [1.165, 1.54) is 6.92 Å². The van der Waals surface area contributed by atoms with Crippen molar-refractivity contribution in [2.24, 2.45) is 5.73 Å². The molecule has 0 fully saturated rings. The normalized spacial score (nSPS) is 9.40. The smallest absolute Gasteiger partial charge is 0.214 e. The van der Waals surface area contributed by atoms with Gasteiger partial charge >= 0.3 is 0 Å². The average Bonchev–Trinajstić information content (AvgIpc) is 2.92. The summed E-state index contributed by atoms with van der Waals surface area (Å²) >= 11 is 3.42. The summed E-state index contributed by atoms with van der Waals surface area (Å²) in [6.45, 7) is 1.31. The van der Waals surface area contributed by atoms with Crippen molar-refractivity contribution in [1.82, 2.24) is 0 Å². The molecular formula is C14H16BrNO4. The summed E-state index contributed by atoms with van der Waals surface area (Å²) < 4.78 is 16.6. The van der Waals surface area contributed by atoms with Crippen molar-refractivity contribution in [2.75, 3.05) is 14.2 Å². The molecule has 1 aromatic carbocycles. The van der Waals surface area contributed by atoms with Gasteiger partial charge in [0, 0.05) is 12.5 Å². The van der Waals surface area contributed by atoms with Gasteiger partial charge in [0.05, 0.1) is 20.5 Å². The number of amides is 1. The SMILES string of the molecule is CC(N)=O.COc1cc(-c2ccco2)cc(OC)c1Br. The van der Waals surface area contributed by atoms with Gasteiger partial charge in [0.2, 0.25) is 5.91 Å². The van der Waals surface area contributed by atoms with Crippen molar-refractivity contribution in [1.29, 1.82) is 0 Å². The highest BCUT2D eigenvalue weighted by Gasteiger charge is 2.12. The fourth-order valence-electron chi connectivity index (χ4n) is 1.45. The molecular weight excluding hydrogens is 326 g/mol. The van der Waals surface area contributed by atoms with E-state index in [9.17, 15) is 4.79 Å². The average molecular weight is 342 g/mol. The molecule has 0 saturated carbocycles. The Balaban J connectivity index is 0.000000444. The van der Waals surface area contributed by atoms with Crippen LogP contribution in [0.25, 0.3) is 11.3 Å². The van der Waals surface area contributed by atoms with Gasteiger partial charge in [-0.05, 0) is 40.2 Å². The second-order valence-electron chi connectivity index (χ2n) is 3.78. The monoisotopic (exact) mass is 341 g/mol. The van der Waals surface area contributed by atoms with Gasteiger partial charge in [-0.25, -0.2) is 0 Å². The van der Waals surface area contributed by atoms with E-state index in [-0.39, 0.29) is 5.91 Å². The number of rotatable bonds is 3. The molecule has 0 bridgehead atoms. The zero-order chi connectivity index (χ0) is 15.1. The Labute approximate surface area is 125 Å². The van der Waals surface area contributed by atoms with Crippen LogP contribution in [0.4, 0.5) is 0 Å². The van der Waals surface area contributed by atoms with E-state index in [1.807, 2.05) is 24.3 Å². The van der Waals surface area contributed by atoms with Crippen LogP contribution < -0.4 is 15.2 Å². The lowest BCUT2D eigenvalue weighted by molar-refractivity contribution is -0.115. The first-order valence-corrected chi connectivity index (χ1v) is 6.50. The van der Waals surface area contributed by atoms with Gasteiger partial charge in [0.1, 0.15) is 21.7 Å². The molecule has 0 aliphatic carbocycles. The molecule has 6 heteroatoms. The summed E-state index contributed by atoms with van der Waals surface area (Å²) in [7, 11) is 3.23. The maximum Gasteiger partial charge on any atom is 0.214 e. The lowest BCUT2D eigenvalue weighted by atomic mass is 10.1. The van der Waals surface area contributed by atoms with E-state index in [0.29, 0.717) is 11.5 Å². The molecule has 1 amide bonds. The van der Waals surface area contributed by atoms with Crippen molar-refractivity contribution in [3.8, 4) is 22.8 Å². The molecule has 1 aromatic heterocycles. The lowest BCUT2D eigenvalue weighted by Crippen LogP contribution is -2.01. The zero-order valence-corrected chi connectivity index (χ0v) is 13.1. The Morgan fingerprint density at radius 2 is 1.75 bits per heavy atom. The molecule has 0 spiro atoms. The molecule has 20 heavy (non-hydrogen) atoms. The molecule has 2 N–H and O–H groups in total. The van der Waals surface area contributed by atoms with Gasteiger partial charge in [-0.3, -0.25) is 4.79 Å². The predicted molar refractivity (Wildman–Crippen MR) is 79.8 cm³/mol. The molecule has 108 valence electrons. The highest BCUT2D eigenvalue weighted by Crippen LogP contribution is 2.38. The van der Waals surface area contributed by atoms with E-state index in [0.717, 1.165) is 15.8 Å². The fourth-order valence-corrected chi connectivity index (χ4v) is 2.01. The van der Waals surface area contributed by atoms with Crippen molar-refractivity contribution in [3.63, 3.8) is 0 Å². The molecule has 1 heterocycles. The second kappa shape index (κ2) is 7.59. The molecule has 0 aliphatic heterocycles. The van der Waals surface area contributed by atoms with Crippen LogP contribution in [-0.2, 0) is 4.79 Å². The van der Waals surface area contributed by atoms with Gasteiger partial charge in [-0.15, -0.1) is 0 Å². The highest BCUT2D eigenvalue weighted by atomic mass is 79.9. The van der Waals surface area contributed by atoms with Crippen LogP contribution in [-0.4, -0.2) is 20.1 Å². The topological polar surface area (TPSA) is 74.7 Å². The minimum atomic E-state index is -0.333. The Bertz CT molecular complexity index is 538. The maximum atomic E-state index is 9.22. The van der Waals surface area contributed by atoms with E-state index in [2.05, 4.69) is 21.7 Å². The van der Waals surface area contributed by atoms with Gasteiger partial charge in [0.15, 0.2) is 0 Å².